The fourth-order valence-electron chi connectivity index (χ4n) is 5.90. The first-order chi connectivity index (χ1) is 24.1. The van der Waals surface area contributed by atoms with Crippen LogP contribution in [0.5, 0.6) is 0 Å². The molecular weight excluding hydrogens is 700 g/mol. The molecule has 0 fully saturated rings. The summed E-state index contributed by atoms with van der Waals surface area (Å²) >= 11 is 7.32. The van der Waals surface area contributed by atoms with Gasteiger partial charge in [-0.25, -0.2) is 22.2 Å². The smallest absolute Gasteiger partial charge is 0.338 e. The largest absolute Gasteiger partial charge is 0.463 e. The van der Waals surface area contributed by atoms with E-state index in [0.717, 1.165) is 21.4 Å². The van der Waals surface area contributed by atoms with Gasteiger partial charge in [0.1, 0.15) is 0 Å². The summed E-state index contributed by atoms with van der Waals surface area (Å²) in [4.78, 5) is 43.7. The number of thiazole rings is 1. The Morgan fingerprint density at radius 3 is 2.46 bits per heavy atom. The molecule has 2 aromatic heterocycles. The van der Waals surface area contributed by atoms with Gasteiger partial charge in [0, 0.05) is 39.9 Å². The topological polar surface area (TPSA) is 143 Å². The molecule has 0 amide bonds. The zero-order chi connectivity index (χ0) is 35.2. The van der Waals surface area contributed by atoms with Crippen molar-refractivity contribution in [2.24, 2.45) is 4.99 Å². The number of fused-ring (bicyclic) bond motifs is 2. The number of esters is 1. The van der Waals surface area contributed by atoms with Gasteiger partial charge in [0.2, 0.25) is 0 Å². The molecule has 11 nitrogen and oxygen atoms in total. The third-order valence-corrected chi connectivity index (χ3v) is 11.0. The number of ether oxygens (including phenoxy) is 1. The second-order valence-electron chi connectivity index (χ2n) is 11.1. The second-order valence-corrected chi connectivity index (χ2v) is 14.4. The molecule has 0 N–H and O–H groups in total. The number of para-hydroxylation sites is 1. The molecule has 4 aromatic carbocycles. The lowest BCUT2D eigenvalue weighted by molar-refractivity contribution is -0.385. The molecule has 250 valence electrons. The van der Waals surface area contributed by atoms with E-state index in [1.807, 2.05) is 30.3 Å². The van der Waals surface area contributed by atoms with Gasteiger partial charge in [0.15, 0.2) is 4.80 Å². The minimum atomic E-state index is -4.29. The lowest BCUT2D eigenvalue weighted by Crippen LogP contribution is -2.40. The number of non-ortho nitro benzene ring substituents is 1. The van der Waals surface area contributed by atoms with Crippen LogP contribution in [0.4, 0.5) is 5.69 Å². The maximum absolute atomic E-state index is 14.4. The van der Waals surface area contributed by atoms with Crippen LogP contribution in [-0.2, 0) is 19.6 Å². The first-order valence-electron chi connectivity index (χ1n) is 15.2. The van der Waals surface area contributed by atoms with E-state index in [1.165, 1.54) is 29.0 Å². The average Bonchev–Trinajstić information content (AvgIpc) is 3.65. The van der Waals surface area contributed by atoms with E-state index in [1.54, 1.807) is 61.5 Å². The molecule has 0 bridgehead atoms. The molecule has 0 saturated carbocycles. The van der Waals surface area contributed by atoms with Crippen LogP contribution in [0.1, 0.15) is 29.7 Å². The van der Waals surface area contributed by atoms with Crippen LogP contribution < -0.4 is 14.9 Å². The quantitative estimate of drug-likeness (QED) is 0.112. The van der Waals surface area contributed by atoms with Crippen molar-refractivity contribution in [1.82, 2.24) is 8.54 Å². The number of rotatable bonds is 8. The van der Waals surface area contributed by atoms with Crippen LogP contribution in [0.2, 0.25) is 5.02 Å². The van der Waals surface area contributed by atoms with Gasteiger partial charge in [0.25, 0.3) is 21.3 Å². The summed E-state index contributed by atoms with van der Waals surface area (Å²) in [6.45, 7) is 1.80. The first kappa shape index (κ1) is 32.9. The molecule has 14 heteroatoms. The SMILES string of the molecule is CCOC(=O)C1=C(c2ccccc2)N=c2s/c(=C\c3cn(S(=O)(=O)c4cccc([N+](=O)[O-])c4)c4ccccc34)c(=O)n2[C@H]1c1ccc(Cl)cc1. The third-order valence-electron chi connectivity index (χ3n) is 8.14. The van der Waals surface area contributed by atoms with E-state index in [9.17, 15) is 28.1 Å². The Balaban J connectivity index is 1.47. The Bertz CT molecular complexity index is 2660. The Kier molecular flexibility index (Phi) is 8.56. The number of nitro groups is 1. The van der Waals surface area contributed by atoms with E-state index >= 15 is 0 Å². The highest BCUT2D eigenvalue weighted by Gasteiger charge is 2.35. The summed E-state index contributed by atoms with van der Waals surface area (Å²) in [6.07, 6.45) is 2.97. The molecular formula is C36H25ClN4O7S2. The minimum Gasteiger partial charge on any atom is -0.463 e. The zero-order valence-electron chi connectivity index (χ0n) is 26.1. The predicted octanol–water partition coefficient (Wildman–Crippen LogP) is 5.69. The maximum Gasteiger partial charge on any atom is 0.338 e. The summed E-state index contributed by atoms with van der Waals surface area (Å²) in [5.74, 6) is -0.626. The van der Waals surface area contributed by atoms with E-state index < -0.39 is 32.5 Å². The van der Waals surface area contributed by atoms with Crippen molar-refractivity contribution in [2.75, 3.05) is 6.61 Å². The van der Waals surface area contributed by atoms with E-state index in [0.29, 0.717) is 43.1 Å². The van der Waals surface area contributed by atoms with Crippen LogP contribution in [0.25, 0.3) is 22.7 Å². The molecule has 6 aromatic rings. The van der Waals surface area contributed by atoms with Gasteiger partial charge < -0.3 is 4.74 Å². The number of hydrogen-bond acceptors (Lipinski definition) is 9. The van der Waals surface area contributed by atoms with Gasteiger partial charge >= 0.3 is 5.97 Å². The van der Waals surface area contributed by atoms with Crippen LogP contribution in [0.15, 0.2) is 130 Å². The maximum atomic E-state index is 14.4. The average molecular weight is 725 g/mol. The van der Waals surface area contributed by atoms with Gasteiger partial charge in [-0.2, -0.15) is 0 Å². The Hall–Kier alpha value is -5.63. The normalized spacial score (nSPS) is 14.8. The van der Waals surface area contributed by atoms with Crippen molar-refractivity contribution in [3.8, 4) is 0 Å². The van der Waals surface area contributed by atoms with Gasteiger partial charge in [-0.05, 0) is 42.8 Å². The Morgan fingerprint density at radius 2 is 1.74 bits per heavy atom. The summed E-state index contributed by atoms with van der Waals surface area (Å²) in [5, 5.41) is 12.4. The molecule has 0 saturated heterocycles. The number of halogens is 1. The van der Waals surface area contributed by atoms with E-state index in [4.69, 9.17) is 21.3 Å². The van der Waals surface area contributed by atoms with Crippen molar-refractivity contribution < 1.29 is 22.9 Å². The Morgan fingerprint density at radius 1 is 1.02 bits per heavy atom. The van der Waals surface area contributed by atoms with Crippen LogP contribution in [0.3, 0.4) is 0 Å². The molecule has 3 heterocycles. The fraction of sp³-hybridized carbons (Fsp3) is 0.0833. The number of nitrogens with zero attached hydrogens (tertiary/aromatic N) is 4. The number of carbonyl (C=O) groups is 1. The highest BCUT2D eigenvalue weighted by atomic mass is 35.5. The number of hydrogen-bond donors (Lipinski definition) is 0. The summed E-state index contributed by atoms with van der Waals surface area (Å²) < 4.78 is 35.9. The molecule has 50 heavy (non-hydrogen) atoms. The fourth-order valence-corrected chi connectivity index (χ4v) is 8.44. The summed E-state index contributed by atoms with van der Waals surface area (Å²) in [5.41, 5.74) is 1.70. The standard InChI is InChI=1S/C36H25ClN4O7S2/c1-2-48-35(43)31-32(22-9-4-3-5-10-22)38-36-40(33(31)23-15-17-25(37)18-16-23)34(42)30(49-36)19-24-21-39(29-14-7-6-13-28(24)29)50(46,47)27-12-8-11-26(20-27)41(44)45/h3-21,33H,2H2,1H3/b30-19-/t33-/m0/s1. The van der Waals surface area contributed by atoms with E-state index in [-0.39, 0.29) is 27.3 Å². The summed E-state index contributed by atoms with van der Waals surface area (Å²) in [7, 11) is -4.29. The highest BCUT2D eigenvalue weighted by molar-refractivity contribution is 7.90. The van der Waals surface area contributed by atoms with Crippen molar-refractivity contribution in [3.63, 3.8) is 0 Å². The lowest BCUT2D eigenvalue weighted by atomic mass is 9.93. The number of carbonyl (C=O) groups excluding carboxylic acids is 1. The molecule has 0 spiro atoms. The highest BCUT2D eigenvalue weighted by Crippen LogP contribution is 2.36. The van der Waals surface area contributed by atoms with Crippen molar-refractivity contribution in [1.29, 1.82) is 0 Å². The molecule has 1 atom stereocenters. The molecule has 0 aliphatic carbocycles. The monoisotopic (exact) mass is 724 g/mol. The van der Waals surface area contributed by atoms with Crippen molar-refractivity contribution in [2.45, 2.75) is 17.9 Å². The van der Waals surface area contributed by atoms with Crippen LogP contribution in [0, 0.1) is 10.1 Å². The summed E-state index contributed by atoms with van der Waals surface area (Å²) in [6, 6.07) is 26.6. The predicted molar refractivity (Wildman–Crippen MR) is 190 cm³/mol. The minimum absolute atomic E-state index is 0.103. The second kappa shape index (κ2) is 13.0. The Labute approximate surface area is 293 Å². The van der Waals surface area contributed by atoms with Gasteiger partial charge in [0.05, 0.1) is 43.8 Å². The molecule has 1 aliphatic heterocycles. The van der Waals surface area contributed by atoms with Gasteiger partial charge in [-0.1, -0.05) is 89.7 Å². The number of nitro benzene ring substituents is 1. The van der Waals surface area contributed by atoms with Gasteiger partial charge in [-0.15, -0.1) is 0 Å². The molecule has 7 rings (SSSR count). The van der Waals surface area contributed by atoms with Gasteiger partial charge in [-0.3, -0.25) is 19.5 Å². The first-order valence-corrected chi connectivity index (χ1v) is 17.9. The molecule has 0 unspecified atom stereocenters. The van der Waals surface area contributed by atoms with Crippen molar-refractivity contribution >= 4 is 67.3 Å². The molecule has 1 aliphatic rings. The van der Waals surface area contributed by atoms with Crippen molar-refractivity contribution in [3.05, 3.63) is 166 Å². The van der Waals surface area contributed by atoms with Crippen LogP contribution >= 0.6 is 22.9 Å². The van der Waals surface area contributed by atoms with Crippen LogP contribution in [-0.4, -0.2) is 34.5 Å². The van der Waals surface area contributed by atoms with E-state index in [2.05, 4.69) is 0 Å². The number of benzene rings is 4. The zero-order valence-corrected chi connectivity index (χ0v) is 28.5. The lowest BCUT2D eigenvalue weighted by Gasteiger charge is -2.25. The molecule has 0 radical (unpaired) electrons. The third kappa shape index (κ3) is 5.74. The number of aromatic nitrogens is 2.